The molecule has 1 saturated heterocycles. The van der Waals surface area contributed by atoms with E-state index in [1.807, 2.05) is 6.92 Å². The Hall–Kier alpha value is -2.40. The lowest BCUT2D eigenvalue weighted by atomic mass is 10.2. The first-order valence-electron chi connectivity index (χ1n) is 8.54. The van der Waals surface area contributed by atoms with Crippen molar-refractivity contribution in [3.05, 3.63) is 53.5 Å². The normalized spacial score (nSPS) is 16.0. The molecule has 1 fully saturated rings. The third-order valence-electron chi connectivity index (χ3n) is 4.63. The highest BCUT2D eigenvalue weighted by Gasteiger charge is 2.21. The van der Waals surface area contributed by atoms with Gasteiger partial charge in [-0.15, -0.1) is 0 Å². The molecule has 0 radical (unpaired) electrons. The number of benzene rings is 1. The lowest BCUT2D eigenvalue weighted by Gasteiger charge is -2.35. The van der Waals surface area contributed by atoms with E-state index in [0.29, 0.717) is 0 Å². The highest BCUT2D eigenvalue weighted by molar-refractivity contribution is 5.88. The van der Waals surface area contributed by atoms with Gasteiger partial charge < -0.3 is 9.88 Å². The molecule has 0 amide bonds. The molecule has 1 N–H and O–H groups in total. The summed E-state index contributed by atoms with van der Waals surface area (Å²) in [4.78, 5) is 17.5. The summed E-state index contributed by atoms with van der Waals surface area (Å²) in [5, 5.41) is 1.13. The number of hydrogen-bond acceptors (Lipinski definition) is 4. The summed E-state index contributed by atoms with van der Waals surface area (Å²) in [5.41, 5.74) is 3.46. The minimum atomic E-state index is 0.825. The number of aromatic amines is 1. The Labute approximate surface area is 142 Å². The van der Waals surface area contributed by atoms with Crippen molar-refractivity contribution in [1.82, 2.24) is 19.9 Å². The van der Waals surface area contributed by atoms with Gasteiger partial charge in [-0.25, -0.2) is 9.97 Å². The smallest absolute Gasteiger partial charge is 0.143 e. The number of rotatable bonds is 3. The molecule has 124 valence electrons. The molecule has 2 aromatic heterocycles. The maximum absolute atomic E-state index is 4.72. The zero-order valence-electron chi connectivity index (χ0n) is 14.3. The highest BCUT2D eigenvalue weighted by Crippen LogP contribution is 2.25. The summed E-state index contributed by atoms with van der Waals surface area (Å²) in [6, 6.07) is 12.8. The van der Waals surface area contributed by atoms with Crippen LogP contribution >= 0.6 is 0 Å². The second-order valence-electron chi connectivity index (χ2n) is 6.56. The summed E-state index contributed by atoms with van der Waals surface area (Å²) in [7, 11) is 0. The van der Waals surface area contributed by atoms with Crippen molar-refractivity contribution in [3.63, 3.8) is 0 Å². The largest absolute Gasteiger partial charge is 0.353 e. The quantitative estimate of drug-likeness (QED) is 0.806. The predicted molar refractivity (Wildman–Crippen MR) is 97.3 cm³/mol. The van der Waals surface area contributed by atoms with Crippen LogP contribution in [0.25, 0.3) is 11.0 Å². The van der Waals surface area contributed by atoms with E-state index in [4.69, 9.17) is 4.98 Å². The standard InChI is InChI=1S/C19H23N5/c1-14-12-17-18(20-14)21-15(2)22-19(17)24-10-8-23(9-11-24)13-16-6-4-3-5-7-16/h3-7,12H,8-11,13H2,1-2H3,(H,20,21,22). The Morgan fingerprint density at radius 2 is 1.75 bits per heavy atom. The van der Waals surface area contributed by atoms with E-state index in [0.717, 1.165) is 61.1 Å². The number of anilines is 1. The Balaban J connectivity index is 1.50. The van der Waals surface area contributed by atoms with E-state index < -0.39 is 0 Å². The Morgan fingerprint density at radius 3 is 2.50 bits per heavy atom. The molecule has 1 aliphatic heterocycles. The molecule has 0 unspecified atom stereocenters. The van der Waals surface area contributed by atoms with Gasteiger partial charge in [0.1, 0.15) is 17.3 Å². The average molecular weight is 321 g/mol. The second-order valence-corrected chi connectivity index (χ2v) is 6.56. The molecule has 5 nitrogen and oxygen atoms in total. The molecular formula is C19H23N5. The first-order valence-corrected chi connectivity index (χ1v) is 8.54. The van der Waals surface area contributed by atoms with Gasteiger partial charge in [0.05, 0.1) is 5.39 Å². The lowest BCUT2D eigenvalue weighted by molar-refractivity contribution is 0.249. The van der Waals surface area contributed by atoms with Crippen LogP contribution < -0.4 is 4.90 Å². The van der Waals surface area contributed by atoms with Gasteiger partial charge in [-0.3, -0.25) is 4.90 Å². The van der Waals surface area contributed by atoms with Crippen LogP contribution in [0.3, 0.4) is 0 Å². The van der Waals surface area contributed by atoms with Gasteiger partial charge >= 0.3 is 0 Å². The van der Waals surface area contributed by atoms with Crippen molar-refractivity contribution in [3.8, 4) is 0 Å². The van der Waals surface area contributed by atoms with Crippen molar-refractivity contribution in [1.29, 1.82) is 0 Å². The first kappa shape index (κ1) is 15.1. The molecule has 0 aliphatic carbocycles. The van der Waals surface area contributed by atoms with Crippen LogP contribution in [-0.2, 0) is 6.54 Å². The van der Waals surface area contributed by atoms with E-state index in [2.05, 4.69) is 63.1 Å². The molecule has 0 atom stereocenters. The molecule has 3 heterocycles. The molecule has 1 aromatic carbocycles. The van der Waals surface area contributed by atoms with E-state index in [1.54, 1.807) is 0 Å². The van der Waals surface area contributed by atoms with Crippen LogP contribution in [0.1, 0.15) is 17.1 Å². The average Bonchev–Trinajstić information content (AvgIpc) is 2.96. The van der Waals surface area contributed by atoms with Crippen molar-refractivity contribution in [2.45, 2.75) is 20.4 Å². The van der Waals surface area contributed by atoms with Crippen LogP contribution in [0.4, 0.5) is 5.82 Å². The van der Waals surface area contributed by atoms with Crippen LogP contribution in [0.2, 0.25) is 0 Å². The van der Waals surface area contributed by atoms with Gasteiger partial charge in [0.25, 0.3) is 0 Å². The van der Waals surface area contributed by atoms with Gasteiger partial charge in [0.15, 0.2) is 0 Å². The summed E-state index contributed by atoms with van der Waals surface area (Å²) >= 11 is 0. The molecule has 24 heavy (non-hydrogen) atoms. The van der Waals surface area contributed by atoms with Crippen molar-refractivity contribution >= 4 is 16.9 Å². The molecular weight excluding hydrogens is 298 g/mol. The Kier molecular flexibility index (Phi) is 3.94. The van der Waals surface area contributed by atoms with Crippen LogP contribution in [0.15, 0.2) is 36.4 Å². The third kappa shape index (κ3) is 2.99. The third-order valence-corrected chi connectivity index (χ3v) is 4.63. The molecule has 1 aliphatic rings. The number of fused-ring (bicyclic) bond motifs is 1. The number of H-pyrrole nitrogens is 1. The number of aryl methyl sites for hydroxylation is 2. The monoisotopic (exact) mass is 321 g/mol. The van der Waals surface area contributed by atoms with Gasteiger partial charge in [-0.1, -0.05) is 30.3 Å². The fraction of sp³-hybridized carbons (Fsp3) is 0.368. The minimum Gasteiger partial charge on any atom is -0.353 e. The lowest BCUT2D eigenvalue weighted by Crippen LogP contribution is -2.46. The SMILES string of the molecule is Cc1nc(N2CCN(Cc3ccccc3)CC2)c2cc(C)[nH]c2n1. The Bertz CT molecular complexity index is 832. The van der Waals surface area contributed by atoms with Crippen LogP contribution in [0, 0.1) is 13.8 Å². The number of aromatic nitrogens is 3. The fourth-order valence-electron chi connectivity index (χ4n) is 3.43. The van der Waals surface area contributed by atoms with Crippen molar-refractivity contribution in [2.24, 2.45) is 0 Å². The van der Waals surface area contributed by atoms with Crippen molar-refractivity contribution in [2.75, 3.05) is 31.1 Å². The highest BCUT2D eigenvalue weighted by atomic mass is 15.3. The predicted octanol–water partition coefficient (Wildman–Crippen LogP) is 2.90. The zero-order valence-corrected chi connectivity index (χ0v) is 14.3. The second kappa shape index (κ2) is 6.24. The van der Waals surface area contributed by atoms with Gasteiger partial charge in [-0.05, 0) is 25.5 Å². The fourth-order valence-corrected chi connectivity index (χ4v) is 3.43. The van der Waals surface area contributed by atoms with Crippen molar-refractivity contribution < 1.29 is 0 Å². The minimum absolute atomic E-state index is 0.825. The van der Waals surface area contributed by atoms with E-state index in [-0.39, 0.29) is 0 Å². The number of piperazine rings is 1. The maximum atomic E-state index is 4.72. The van der Waals surface area contributed by atoms with Gasteiger partial charge in [0, 0.05) is 38.4 Å². The van der Waals surface area contributed by atoms with Crippen LogP contribution in [-0.4, -0.2) is 46.0 Å². The summed E-state index contributed by atoms with van der Waals surface area (Å²) < 4.78 is 0. The summed E-state index contributed by atoms with van der Waals surface area (Å²) in [5.74, 6) is 1.90. The van der Waals surface area contributed by atoms with Crippen LogP contribution in [0.5, 0.6) is 0 Å². The number of nitrogens with one attached hydrogen (secondary N) is 1. The molecule has 5 heteroatoms. The molecule has 3 aromatic rings. The number of nitrogens with zero attached hydrogens (tertiary/aromatic N) is 4. The van der Waals surface area contributed by atoms with Gasteiger partial charge in [0.2, 0.25) is 0 Å². The summed E-state index contributed by atoms with van der Waals surface area (Å²) in [6.45, 7) is 9.18. The topological polar surface area (TPSA) is 48.1 Å². The van der Waals surface area contributed by atoms with E-state index in [9.17, 15) is 0 Å². The van der Waals surface area contributed by atoms with E-state index >= 15 is 0 Å². The molecule has 0 spiro atoms. The molecule has 0 saturated carbocycles. The molecule has 0 bridgehead atoms. The maximum Gasteiger partial charge on any atom is 0.143 e. The summed E-state index contributed by atoms with van der Waals surface area (Å²) in [6.07, 6.45) is 0. The zero-order chi connectivity index (χ0) is 16.5. The first-order chi connectivity index (χ1) is 11.7. The van der Waals surface area contributed by atoms with E-state index in [1.165, 1.54) is 5.56 Å². The Morgan fingerprint density at radius 1 is 1.00 bits per heavy atom. The molecule has 4 rings (SSSR count). The van der Waals surface area contributed by atoms with Gasteiger partial charge in [-0.2, -0.15) is 0 Å². The number of hydrogen-bond donors (Lipinski definition) is 1.